The molecule has 0 saturated carbocycles. The first-order valence-electron chi connectivity index (χ1n) is 7.99. The van der Waals surface area contributed by atoms with E-state index in [1.165, 1.54) is 0 Å². The molecule has 0 radical (unpaired) electrons. The van der Waals surface area contributed by atoms with Crippen LogP contribution in [0.15, 0.2) is 29.8 Å². The van der Waals surface area contributed by atoms with Crippen LogP contribution in [0.5, 0.6) is 5.75 Å². The SMILES string of the molecule is CC(CNC(=O)NC1CCCOc2cc(Cl)ccc21)c1nccs1. The Labute approximate surface area is 150 Å². The van der Waals surface area contributed by atoms with Crippen molar-refractivity contribution >= 4 is 29.0 Å². The normalized spacial score (nSPS) is 18.0. The number of aromatic nitrogens is 1. The molecule has 5 nitrogen and oxygen atoms in total. The molecular formula is C17H20ClN3O2S. The lowest BCUT2D eigenvalue weighted by atomic mass is 10.0. The van der Waals surface area contributed by atoms with E-state index in [1.54, 1.807) is 23.6 Å². The zero-order chi connectivity index (χ0) is 16.9. The highest BCUT2D eigenvalue weighted by Gasteiger charge is 2.22. The number of hydrogen-bond donors (Lipinski definition) is 2. The number of nitrogens with zero attached hydrogens (tertiary/aromatic N) is 1. The molecule has 2 atom stereocenters. The fourth-order valence-electron chi connectivity index (χ4n) is 2.72. The number of rotatable bonds is 4. The first-order chi connectivity index (χ1) is 11.6. The van der Waals surface area contributed by atoms with Gasteiger partial charge in [0.15, 0.2) is 0 Å². The standard InChI is InChI=1S/C17H20ClN3O2S/c1-11(16-19-6-8-24-16)10-20-17(22)21-14-3-2-7-23-15-9-12(18)4-5-13(14)15/h4-6,8-9,11,14H,2-3,7,10H2,1H3,(H2,20,21,22). The summed E-state index contributed by atoms with van der Waals surface area (Å²) in [5, 5.41) is 9.58. The number of hydrogen-bond acceptors (Lipinski definition) is 4. The summed E-state index contributed by atoms with van der Waals surface area (Å²) in [5.74, 6) is 0.945. The van der Waals surface area contributed by atoms with Crippen LogP contribution in [-0.4, -0.2) is 24.2 Å². The van der Waals surface area contributed by atoms with Crippen molar-refractivity contribution in [3.63, 3.8) is 0 Å². The summed E-state index contributed by atoms with van der Waals surface area (Å²) in [6, 6.07) is 5.30. The van der Waals surface area contributed by atoms with Crippen LogP contribution in [0.25, 0.3) is 0 Å². The number of urea groups is 1. The highest BCUT2D eigenvalue weighted by atomic mass is 35.5. The maximum Gasteiger partial charge on any atom is 0.315 e. The van der Waals surface area contributed by atoms with Crippen LogP contribution in [0, 0.1) is 0 Å². The van der Waals surface area contributed by atoms with Crippen LogP contribution in [0.3, 0.4) is 0 Å². The molecule has 0 spiro atoms. The van der Waals surface area contributed by atoms with Crippen molar-refractivity contribution in [2.45, 2.75) is 31.7 Å². The van der Waals surface area contributed by atoms with E-state index < -0.39 is 0 Å². The minimum absolute atomic E-state index is 0.0741. The second-order valence-corrected chi connectivity index (χ2v) is 7.21. The van der Waals surface area contributed by atoms with Crippen molar-refractivity contribution in [1.29, 1.82) is 0 Å². The van der Waals surface area contributed by atoms with E-state index in [1.807, 2.05) is 17.5 Å². The highest BCUT2D eigenvalue weighted by Crippen LogP contribution is 2.33. The number of carbonyl (C=O) groups is 1. The lowest BCUT2D eigenvalue weighted by Gasteiger charge is -2.19. The number of amides is 2. The summed E-state index contributed by atoms with van der Waals surface area (Å²) in [6.45, 7) is 3.24. The summed E-state index contributed by atoms with van der Waals surface area (Å²) in [6.07, 6.45) is 3.50. The monoisotopic (exact) mass is 365 g/mol. The zero-order valence-corrected chi connectivity index (χ0v) is 15.0. The van der Waals surface area contributed by atoms with Crippen molar-refractivity contribution < 1.29 is 9.53 Å². The van der Waals surface area contributed by atoms with E-state index in [2.05, 4.69) is 22.5 Å². The van der Waals surface area contributed by atoms with E-state index in [9.17, 15) is 4.79 Å². The molecule has 2 heterocycles. The number of carbonyl (C=O) groups excluding carboxylic acids is 1. The van der Waals surface area contributed by atoms with Crippen LogP contribution in [0.1, 0.15) is 42.3 Å². The number of ether oxygens (including phenoxy) is 1. The predicted octanol–water partition coefficient (Wildman–Crippen LogP) is 4.11. The number of halogens is 1. The molecule has 1 aliphatic heterocycles. The van der Waals surface area contributed by atoms with Gasteiger partial charge in [-0.2, -0.15) is 0 Å². The summed E-state index contributed by atoms with van der Waals surface area (Å²) in [7, 11) is 0. The molecule has 0 fully saturated rings. The molecule has 3 rings (SSSR count). The Balaban J connectivity index is 1.60. The lowest BCUT2D eigenvalue weighted by Crippen LogP contribution is -2.39. The van der Waals surface area contributed by atoms with Crippen LogP contribution in [0.2, 0.25) is 5.02 Å². The fraction of sp³-hybridized carbons (Fsp3) is 0.412. The van der Waals surface area contributed by atoms with Crippen molar-refractivity contribution in [3.05, 3.63) is 45.4 Å². The fourth-order valence-corrected chi connectivity index (χ4v) is 3.58. The molecule has 0 bridgehead atoms. The minimum Gasteiger partial charge on any atom is -0.493 e. The molecule has 0 aliphatic carbocycles. The average Bonchev–Trinajstić information content (AvgIpc) is 3.03. The lowest BCUT2D eigenvalue weighted by molar-refractivity contribution is 0.235. The van der Waals surface area contributed by atoms with Crippen LogP contribution in [-0.2, 0) is 0 Å². The number of benzene rings is 1. The Morgan fingerprint density at radius 1 is 1.54 bits per heavy atom. The first-order valence-corrected chi connectivity index (χ1v) is 9.25. The second kappa shape index (κ2) is 7.85. The van der Waals surface area contributed by atoms with E-state index in [-0.39, 0.29) is 18.0 Å². The zero-order valence-electron chi connectivity index (χ0n) is 13.4. The number of thiazole rings is 1. The van der Waals surface area contributed by atoms with Gasteiger partial charge in [-0.3, -0.25) is 0 Å². The van der Waals surface area contributed by atoms with E-state index in [4.69, 9.17) is 16.3 Å². The highest BCUT2D eigenvalue weighted by molar-refractivity contribution is 7.09. The van der Waals surface area contributed by atoms with E-state index in [0.717, 1.165) is 29.2 Å². The van der Waals surface area contributed by atoms with Crippen molar-refractivity contribution in [2.75, 3.05) is 13.2 Å². The molecule has 2 aromatic rings. The third-order valence-corrected chi connectivity index (χ3v) is 5.24. The smallest absolute Gasteiger partial charge is 0.315 e. The number of fused-ring (bicyclic) bond motifs is 1. The largest absolute Gasteiger partial charge is 0.493 e. The Morgan fingerprint density at radius 3 is 3.21 bits per heavy atom. The summed E-state index contributed by atoms with van der Waals surface area (Å²) in [4.78, 5) is 16.5. The van der Waals surface area contributed by atoms with Gasteiger partial charge in [-0.1, -0.05) is 24.6 Å². The Morgan fingerprint density at radius 2 is 2.42 bits per heavy atom. The third kappa shape index (κ3) is 4.19. The topological polar surface area (TPSA) is 63.2 Å². The van der Waals surface area contributed by atoms with Gasteiger partial charge >= 0.3 is 6.03 Å². The van der Waals surface area contributed by atoms with Crippen molar-refractivity contribution in [3.8, 4) is 5.75 Å². The van der Waals surface area contributed by atoms with Gasteiger partial charge in [0.05, 0.1) is 17.7 Å². The molecule has 2 N–H and O–H groups in total. The van der Waals surface area contributed by atoms with Gasteiger partial charge < -0.3 is 15.4 Å². The maximum atomic E-state index is 12.3. The summed E-state index contributed by atoms with van der Waals surface area (Å²) in [5.41, 5.74) is 0.972. The first kappa shape index (κ1) is 17.0. The molecule has 7 heteroatoms. The van der Waals surface area contributed by atoms with Gasteiger partial charge in [0.2, 0.25) is 0 Å². The second-order valence-electron chi connectivity index (χ2n) is 5.85. The van der Waals surface area contributed by atoms with E-state index >= 15 is 0 Å². The molecule has 2 amide bonds. The molecule has 1 aliphatic rings. The molecule has 1 aromatic carbocycles. The van der Waals surface area contributed by atoms with E-state index in [0.29, 0.717) is 18.2 Å². The van der Waals surface area contributed by atoms with Gasteiger partial charge in [-0.15, -0.1) is 11.3 Å². The van der Waals surface area contributed by atoms with Crippen LogP contribution in [0.4, 0.5) is 4.79 Å². The van der Waals surface area contributed by atoms with Crippen LogP contribution >= 0.6 is 22.9 Å². The average molecular weight is 366 g/mol. The van der Waals surface area contributed by atoms with Crippen molar-refractivity contribution in [1.82, 2.24) is 15.6 Å². The Kier molecular flexibility index (Phi) is 5.58. The molecule has 128 valence electrons. The summed E-state index contributed by atoms with van der Waals surface area (Å²) >= 11 is 7.63. The van der Waals surface area contributed by atoms with Gasteiger partial charge in [0.1, 0.15) is 5.75 Å². The van der Waals surface area contributed by atoms with Gasteiger partial charge in [0, 0.05) is 34.6 Å². The van der Waals surface area contributed by atoms with Gasteiger partial charge in [-0.05, 0) is 25.0 Å². The summed E-state index contributed by atoms with van der Waals surface area (Å²) < 4.78 is 5.73. The van der Waals surface area contributed by atoms with Gasteiger partial charge in [-0.25, -0.2) is 9.78 Å². The molecule has 0 saturated heterocycles. The minimum atomic E-state index is -0.175. The maximum absolute atomic E-state index is 12.3. The van der Waals surface area contributed by atoms with Crippen LogP contribution < -0.4 is 15.4 Å². The molecule has 24 heavy (non-hydrogen) atoms. The third-order valence-electron chi connectivity index (χ3n) is 3.99. The molecule has 2 unspecified atom stereocenters. The van der Waals surface area contributed by atoms with Crippen molar-refractivity contribution in [2.24, 2.45) is 0 Å². The predicted molar refractivity (Wildman–Crippen MR) is 96.0 cm³/mol. The Hall–Kier alpha value is -1.79. The number of nitrogens with one attached hydrogen (secondary N) is 2. The van der Waals surface area contributed by atoms with Gasteiger partial charge in [0.25, 0.3) is 0 Å². The molecular weight excluding hydrogens is 346 g/mol. The quantitative estimate of drug-likeness (QED) is 0.856. The Bertz CT molecular complexity index is 693. The molecule has 1 aromatic heterocycles.